The summed E-state index contributed by atoms with van der Waals surface area (Å²) < 4.78 is 49.9. The maximum absolute atomic E-state index is 12.8. The van der Waals surface area contributed by atoms with Crippen LogP contribution in [-0.4, -0.2) is 24.4 Å². The Bertz CT molecular complexity index is 920. The number of nitrogens with one attached hydrogen (secondary N) is 1. The minimum absolute atomic E-state index is 0.175. The van der Waals surface area contributed by atoms with Crippen LogP contribution in [0.3, 0.4) is 0 Å². The van der Waals surface area contributed by atoms with Crippen LogP contribution in [0.25, 0.3) is 0 Å². The molecule has 11 heteroatoms. The molecule has 0 aromatic heterocycles. The van der Waals surface area contributed by atoms with Gasteiger partial charge in [0.25, 0.3) is 5.69 Å². The lowest BCUT2D eigenvalue weighted by Crippen LogP contribution is -2.06. The standard InChI is InChI=1S/C18H17BrF3N3O4/c1-3-28-16-7-11(13(19)9-17(16)29-4-2)10-23-24-14-6-5-12(18(20,21)22)8-15(14)25(26)27/h5-10,24H,3-4H2,1-2H3/b23-10-. The van der Waals surface area contributed by atoms with Gasteiger partial charge in [0.15, 0.2) is 11.5 Å². The topological polar surface area (TPSA) is 86.0 Å². The normalized spacial score (nSPS) is 11.5. The van der Waals surface area contributed by atoms with Crippen molar-refractivity contribution in [2.45, 2.75) is 20.0 Å². The number of nitro groups is 1. The van der Waals surface area contributed by atoms with E-state index in [9.17, 15) is 23.3 Å². The summed E-state index contributed by atoms with van der Waals surface area (Å²) in [5, 5.41) is 15.0. The molecule has 0 aliphatic carbocycles. The molecule has 0 aliphatic heterocycles. The highest BCUT2D eigenvalue weighted by Gasteiger charge is 2.33. The number of nitro benzene ring substituents is 1. The minimum atomic E-state index is -4.69. The largest absolute Gasteiger partial charge is 0.490 e. The van der Waals surface area contributed by atoms with E-state index in [1.165, 1.54) is 6.21 Å². The number of benzene rings is 2. The SMILES string of the molecule is CCOc1cc(Br)c(/C=N\Nc2ccc(C(F)(F)F)cc2[N+](=O)[O-])cc1OCC. The summed E-state index contributed by atoms with van der Waals surface area (Å²) in [6, 6.07) is 5.50. The molecule has 0 unspecified atom stereocenters. The first-order valence-electron chi connectivity index (χ1n) is 8.41. The second-order valence-corrected chi connectivity index (χ2v) is 6.40. The van der Waals surface area contributed by atoms with Crippen molar-refractivity contribution in [1.82, 2.24) is 0 Å². The molecule has 0 radical (unpaired) electrons. The number of halogens is 4. The smallest absolute Gasteiger partial charge is 0.416 e. The number of hydrogen-bond acceptors (Lipinski definition) is 6. The fourth-order valence-corrected chi connectivity index (χ4v) is 2.74. The fraction of sp³-hybridized carbons (Fsp3) is 0.278. The lowest BCUT2D eigenvalue weighted by atomic mass is 10.1. The van der Waals surface area contributed by atoms with Crippen LogP contribution in [0.4, 0.5) is 24.5 Å². The molecule has 29 heavy (non-hydrogen) atoms. The van der Waals surface area contributed by atoms with Crippen LogP contribution in [0.2, 0.25) is 0 Å². The summed E-state index contributed by atoms with van der Waals surface area (Å²) in [5.41, 5.74) is 0.947. The Morgan fingerprint density at radius 3 is 2.34 bits per heavy atom. The van der Waals surface area contributed by atoms with E-state index < -0.39 is 22.4 Å². The van der Waals surface area contributed by atoms with E-state index in [1.807, 2.05) is 13.8 Å². The molecule has 0 saturated carbocycles. The Morgan fingerprint density at radius 2 is 1.79 bits per heavy atom. The maximum atomic E-state index is 12.8. The Morgan fingerprint density at radius 1 is 1.17 bits per heavy atom. The van der Waals surface area contributed by atoms with Crippen LogP contribution in [0.5, 0.6) is 11.5 Å². The summed E-state index contributed by atoms with van der Waals surface area (Å²) in [6.45, 7) is 4.50. The average Bonchev–Trinajstić information content (AvgIpc) is 2.64. The molecular weight excluding hydrogens is 459 g/mol. The molecule has 0 fully saturated rings. The summed E-state index contributed by atoms with van der Waals surface area (Å²) in [7, 11) is 0. The van der Waals surface area contributed by atoms with Crippen molar-refractivity contribution in [1.29, 1.82) is 0 Å². The van der Waals surface area contributed by atoms with Gasteiger partial charge in [-0.1, -0.05) is 0 Å². The third-order valence-corrected chi connectivity index (χ3v) is 4.26. The number of ether oxygens (including phenoxy) is 2. The van der Waals surface area contributed by atoms with Gasteiger partial charge in [0.2, 0.25) is 0 Å². The molecule has 156 valence electrons. The van der Waals surface area contributed by atoms with Gasteiger partial charge < -0.3 is 9.47 Å². The molecule has 1 N–H and O–H groups in total. The van der Waals surface area contributed by atoms with Gasteiger partial charge in [-0.2, -0.15) is 18.3 Å². The maximum Gasteiger partial charge on any atom is 0.416 e. The summed E-state index contributed by atoms with van der Waals surface area (Å²) in [5.74, 6) is 1.02. The van der Waals surface area contributed by atoms with Gasteiger partial charge in [0, 0.05) is 16.1 Å². The van der Waals surface area contributed by atoms with Crippen LogP contribution in [0.1, 0.15) is 25.0 Å². The number of nitrogens with zero attached hydrogens (tertiary/aromatic N) is 2. The predicted octanol–water partition coefficient (Wildman–Crippen LogP) is 5.62. The van der Waals surface area contributed by atoms with Gasteiger partial charge in [0.1, 0.15) is 5.69 Å². The summed E-state index contributed by atoms with van der Waals surface area (Å²) in [6.07, 6.45) is -3.33. The first kappa shape index (κ1) is 22.5. The number of rotatable bonds is 8. The second-order valence-electron chi connectivity index (χ2n) is 5.54. The first-order valence-corrected chi connectivity index (χ1v) is 9.20. The second kappa shape index (κ2) is 9.59. The van der Waals surface area contributed by atoms with Crippen molar-refractivity contribution in [2.24, 2.45) is 5.10 Å². The van der Waals surface area contributed by atoms with E-state index in [-0.39, 0.29) is 5.69 Å². The molecule has 7 nitrogen and oxygen atoms in total. The number of alkyl halides is 3. The molecule has 0 aliphatic rings. The molecule has 0 saturated heterocycles. The zero-order valence-corrected chi connectivity index (χ0v) is 17.0. The molecule has 0 amide bonds. The molecule has 2 aromatic carbocycles. The van der Waals surface area contributed by atoms with Gasteiger partial charge in [-0.05, 0) is 54.0 Å². The fourth-order valence-electron chi connectivity index (χ4n) is 2.31. The highest BCUT2D eigenvalue weighted by Crippen LogP contribution is 2.35. The third-order valence-electron chi connectivity index (χ3n) is 3.57. The molecule has 2 aromatic rings. The molecule has 0 atom stereocenters. The molecule has 0 bridgehead atoms. The van der Waals surface area contributed by atoms with Crippen molar-refractivity contribution in [3.05, 3.63) is 56.0 Å². The van der Waals surface area contributed by atoms with Gasteiger partial charge in [0.05, 0.1) is 29.9 Å². The van der Waals surface area contributed by atoms with Crippen LogP contribution in [0, 0.1) is 10.1 Å². The van der Waals surface area contributed by atoms with Crippen LogP contribution in [0.15, 0.2) is 39.9 Å². The van der Waals surface area contributed by atoms with Crippen molar-refractivity contribution >= 4 is 33.5 Å². The zero-order chi connectivity index (χ0) is 21.6. The van der Waals surface area contributed by atoms with E-state index in [0.717, 1.165) is 12.1 Å². The van der Waals surface area contributed by atoms with E-state index >= 15 is 0 Å². The van der Waals surface area contributed by atoms with Crippen molar-refractivity contribution < 1.29 is 27.6 Å². The highest BCUT2D eigenvalue weighted by molar-refractivity contribution is 9.10. The Labute approximate surface area is 172 Å². The number of anilines is 1. The first-order chi connectivity index (χ1) is 13.7. The third kappa shape index (κ3) is 5.83. The summed E-state index contributed by atoms with van der Waals surface area (Å²) >= 11 is 3.37. The molecule has 0 spiro atoms. The average molecular weight is 476 g/mol. The van der Waals surface area contributed by atoms with E-state index in [0.29, 0.717) is 40.8 Å². The van der Waals surface area contributed by atoms with E-state index in [4.69, 9.17) is 9.47 Å². The lowest BCUT2D eigenvalue weighted by Gasteiger charge is -2.12. The van der Waals surface area contributed by atoms with Gasteiger partial charge in [-0.25, -0.2) is 0 Å². The van der Waals surface area contributed by atoms with E-state index in [2.05, 4.69) is 26.5 Å². The van der Waals surface area contributed by atoms with Crippen LogP contribution >= 0.6 is 15.9 Å². The van der Waals surface area contributed by atoms with Crippen LogP contribution in [-0.2, 0) is 6.18 Å². The van der Waals surface area contributed by atoms with Gasteiger partial charge in [-0.15, -0.1) is 0 Å². The minimum Gasteiger partial charge on any atom is -0.490 e. The predicted molar refractivity (Wildman–Crippen MR) is 106 cm³/mol. The Kier molecular flexibility index (Phi) is 7.43. The van der Waals surface area contributed by atoms with Crippen molar-refractivity contribution in [2.75, 3.05) is 18.6 Å². The lowest BCUT2D eigenvalue weighted by molar-refractivity contribution is -0.384. The van der Waals surface area contributed by atoms with E-state index in [1.54, 1.807) is 12.1 Å². The van der Waals surface area contributed by atoms with Gasteiger partial charge in [-0.3, -0.25) is 15.5 Å². The van der Waals surface area contributed by atoms with Crippen molar-refractivity contribution in [3.63, 3.8) is 0 Å². The Balaban J connectivity index is 2.29. The van der Waals surface area contributed by atoms with Crippen LogP contribution < -0.4 is 14.9 Å². The van der Waals surface area contributed by atoms with Gasteiger partial charge >= 0.3 is 6.18 Å². The Hall–Kier alpha value is -2.82. The highest BCUT2D eigenvalue weighted by atomic mass is 79.9. The zero-order valence-electron chi connectivity index (χ0n) is 15.4. The summed E-state index contributed by atoms with van der Waals surface area (Å²) in [4.78, 5) is 10.2. The molecular formula is C18H17BrF3N3O4. The quantitative estimate of drug-likeness (QED) is 0.304. The molecule has 0 heterocycles. The molecule has 2 rings (SSSR count). The number of hydrogen-bond donors (Lipinski definition) is 1. The number of hydrazone groups is 1. The van der Waals surface area contributed by atoms with Crippen molar-refractivity contribution in [3.8, 4) is 11.5 Å². The monoisotopic (exact) mass is 475 g/mol.